The van der Waals surface area contributed by atoms with E-state index in [1.54, 1.807) is 0 Å². The number of piperazine rings is 1. The van der Waals surface area contributed by atoms with E-state index in [4.69, 9.17) is 4.74 Å². The Bertz CT molecular complexity index is 945. The molecule has 33 heavy (non-hydrogen) atoms. The summed E-state index contributed by atoms with van der Waals surface area (Å²) >= 11 is 0. The van der Waals surface area contributed by atoms with Crippen LogP contribution < -0.4 is 4.74 Å². The number of hydrogen-bond donors (Lipinski definition) is 0. The first kappa shape index (κ1) is 23.3. The van der Waals surface area contributed by atoms with Gasteiger partial charge in [-0.3, -0.25) is 14.5 Å². The van der Waals surface area contributed by atoms with Crippen LogP contribution in [0.5, 0.6) is 5.75 Å². The van der Waals surface area contributed by atoms with Crippen LogP contribution in [0.25, 0.3) is 0 Å². The van der Waals surface area contributed by atoms with Gasteiger partial charge in [0, 0.05) is 44.8 Å². The molecule has 0 unspecified atom stereocenters. The van der Waals surface area contributed by atoms with Gasteiger partial charge in [0.2, 0.25) is 5.91 Å². The van der Waals surface area contributed by atoms with Crippen molar-refractivity contribution < 1.29 is 14.3 Å². The van der Waals surface area contributed by atoms with E-state index in [2.05, 4.69) is 24.0 Å². The molecule has 2 saturated heterocycles. The number of amides is 2. The van der Waals surface area contributed by atoms with E-state index in [1.807, 2.05) is 46.2 Å². The third-order valence-corrected chi connectivity index (χ3v) is 6.55. The van der Waals surface area contributed by atoms with Crippen molar-refractivity contribution in [3.63, 3.8) is 0 Å². The molecule has 176 valence electrons. The molecule has 2 aliphatic rings. The van der Waals surface area contributed by atoms with Crippen molar-refractivity contribution in [1.29, 1.82) is 0 Å². The summed E-state index contributed by atoms with van der Waals surface area (Å²) < 4.78 is 5.93. The zero-order valence-corrected chi connectivity index (χ0v) is 19.7. The average Bonchev–Trinajstić information content (AvgIpc) is 3.13. The van der Waals surface area contributed by atoms with Gasteiger partial charge in [0.25, 0.3) is 5.91 Å². The normalized spacial score (nSPS) is 17.5. The van der Waals surface area contributed by atoms with Crippen molar-refractivity contribution in [2.24, 2.45) is 0 Å². The van der Waals surface area contributed by atoms with Crippen molar-refractivity contribution in [3.05, 3.63) is 65.2 Å². The maximum atomic E-state index is 13.1. The molecule has 0 saturated carbocycles. The van der Waals surface area contributed by atoms with Crippen molar-refractivity contribution in [1.82, 2.24) is 14.7 Å². The van der Waals surface area contributed by atoms with Gasteiger partial charge in [-0.1, -0.05) is 48.7 Å². The van der Waals surface area contributed by atoms with Crippen LogP contribution in [0.15, 0.2) is 48.5 Å². The lowest BCUT2D eigenvalue weighted by Gasteiger charge is -2.35. The van der Waals surface area contributed by atoms with Crippen LogP contribution in [-0.2, 0) is 11.4 Å². The molecule has 2 heterocycles. The quantitative estimate of drug-likeness (QED) is 0.674. The standard InChI is InChI=1S/C27H35N3O3/c1-22-8-6-9-23(18-22)21-33-25-11-7-10-24(19-25)27(32)30-16-14-28(15-17-30)20-26(31)29-12-4-2-3-5-13-29/h6-11,18-19H,2-5,12-17,20-21H2,1H3. The van der Waals surface area contributed by atoms with Crippen LogP contribution in [0.1, 0.15) is 47.2 Å². The minimum absolute atomic E-state index is 0.0227. The average molecular weight is 450 g/mol. The van der Waals surface area contributed by atoms with Crippen LogP contribution in [0.2, 0.25) is 0 Å². The fraction of sp³-hybridized carbons (Fsp3) is 0.481. The summed E-state index contributed by atoms with van der Waals surface area (Å²) in [6, 6.07) is 15.7. The smallest absolute Gasteiger partial charge is 0.254 e. The SMILES string of the molecule is Cc1cccc(COc2cccc(C(=O)N3CCN(CC(=O)N4CCCCCC4)CC3)c2)c1. The number of rotatable bonds is 6. The zero-order valence-electron chi connectivity index (χ0n) is 19.7. The van der Waals surface area contributed by atoms with E-state index in [9.17, 15) is 9.59 Å². The fourth-order valence-electron chi connectivity index (χ4n) is 4.59. The topological polar surface area (TPSA) is 53.1 Å². The summed E-state index contributed by atoms with van der Waals surface area (Å²) in [5.41, 5.74) is 2.95. The Morgan fingerprint density at radius 3 is 2.27 bits per heavy atom. The number of carbonyl (C=O) groups is 2. The maximum Gasteiger partial charge on any atom is 0.254 e. The van der Waals surface area contributed by atoms with Crippen LogP contribution in [0, 0.1) is 6.92 Å². The monoisotopic (exact) mass is 449 g/mol. The van der Waals surface area contributed by atoms with Gasteiger partial charge in [-0.25, -0.2) is 0 Å². The first-order valence-electron chi connectivity index (χ1n) is 12.2. The first-order chi connectivity index (χ1) is 16.1. The number of likely N-dealkylation sites (tertiary alicyclic amines) is 1. The number of aryl methyl sites for hydroxylation is 1. The van der Waals surface area contributed by atoms with Gasteiger partial charge in [0.05, 0.1) is 6.54 Å². The third-order valence-electron chi connectivity index (χ3n) is 6.55. The van der Waals surface area contributed by atoms with Gasteiger partial charge in [-0.15, -0.1) is 0 Å². The molecular formula is C27H35N3O3. The molecule has 0 bridgehead atoms. The van der Waals surface area contributed by atoms with Crippen molar-refractivity contribution in [2.45, 2.75) is 39.2 Å². The number of nitrogens with zero attached hydrogens (tertiary/aromatic N) is 3. The highest BCUT2D eigenvalue weighted by Gasteiger charge is 2.25. The molecule has 0 N–H and O–H groups in total. The van der Waals surface area contributed by atoms with E-state index in [1.165, 1.54) is 18.4 Å². The molecule has 2 aliphatic heterocycles. The Morgan fingerprint density at radius 1 is 0.818 bits per heavy atom. The predicted octanol–water partition coefficient (Wildman–Crippen LogP) is 3.73. The summed E-state index contributed by atoms with van der Waals surface area (Å²) in [5, 5.41) is 0. The van der Waals surface area contributed by atoms with Gasteiger partial charge < -0.3 is 14.5 Å². The molecule has 2 fully saturated rings. The first-order valence-corrected chi connectivity index (χ1v) is 12.2. The third kappa shape index (κ3) is 6.57. The second kappa shape index (κ2) is 11.3. The second-order valence-corrected chi connectivity index (χ2v) is 9.17. The molecule has 6 nitrogen and oxygen atoms in total. The lowest BCUT2D eigenvalue weighted by Crippen LogP contribution is -2.51. The molecule has 2 amide bonds. The summed E-state index contributed by atoms with van der Waals surface area (Å²) in [6.45, 7) is 7.52. The molecule has 0 atom stereocenters. The van der Waals surface area contributed by atoms with Crippen LogP contribution in [-0.4, -0.2) is 72.3 Å². The molecule has 0 aliphatic carbocycles. The van der Waals surface area contributed by atoms with E-state index >= 15 is 0 Å². The summed E-state index contributed by atoms with van der Waals surface area (Å²) in [4.78, 5) is 31.8. The maximum absolute atomic E-state index is 13.1. The highest BCUT2D eigenvalue weighted by atomic mass is 16.5. The van der Waals surface area contributed by atoms with Crippen molar-refractivity contribution >= 4 is 11.8 Å². The second-order valence-electron chi connectivity index (χ2n) is 9.17. The molecule has 2 aromatic rings. The molecule has 0 spiro atoms. The van der Waals surface area contributed by atoms with E-state index in [-0.39, 0.29) is 11.8 Å². The Balaban J connectivity index is 1.27. The molecular weight excluding hydrogens is 414 g/mol. The number of ether oxygens (including phenoxy) is 1. The van der Waals surface area contributed by atoms with Gasteiger partial charge in [-0.2, -0.15) is 0 Å². The minimum Gasteiger partial charge on any atom is -0.489 e. The lowest BCUT2D eigenvalue weighted by molar-refractivity contribution is -0.132. The van der Waals surface area contributed by atoms with Crippen LogP contribution in [0.3, 0.4) is 0 Å². The fourth-order valence-corrected chi connectivity index (χ4v) is 4.59. The van der Waals surface area contributed by atoms with E-state index in [0.29, 0.717) is 37.6 Å². The molecule has 0 radical (unpaired) electrons. The van der Waals surface area contributed by atoms with Gasteiger partial charge in [-0.05, 0) is 43.5 Å². The van der Waals surface area contributed by atoms with Gasteiger partial charge in [0.1, 0.15) is 12.4 Å². The highest BCUT2D eigenvalue weighted by molar-refractivity contribution is 5.94. The summed E-state index contributed by atoms with van der Waals surface area (Å²) in [6.07, 6.45) is 4.68. The Labute approximate surface area is 197 Å². The Morgan fingerprint density at radius 2 is 1.55 bits per heavy atom. The van der Waals surface area contributed by atoms with E-state index in [0.717, 1.165) is 44.6 Å². The molecule has 4 rings (SSSR count). The molecule has 2 aromatic carbocycles. The van der Waals surface area contributed by atoms with Crippen LogP contribution >= 0.6 is 0 Å². The highest BCUT2D eigenvalue weighted by Crippen LogP contribution is 2.18. The van der Waals surface area contributed by atoms with Gasteiger partial charge >= 0.3 is 0 Å². The summed E-state index contributed by atoms with van der Waals surface area (Å²) in [5.74, 6) is 0.952. The Kier molecular flexibility index (Phi) is 8.00. The molecule has 6 heteroatoms. The zero-order chi connectivity index (χ0) is 23.0. The number of carbonyl (C=O) groups excluding carboxylic acids is 2. The number of hydrogen-bond acceptors (Lipinski definition) is 4. The summed E-state index contributed by atoms with van der Waals surface area (Å²) in [7, 11) is 0. The van der Waals surface area contributed by atoms with Crippen LogP contribution in [0.4, 0.5) is 0 Å². The van der Waals surface area contributed by atoms with Gasteiger partial charge in [0.15, 0.2) is 0 Å². The number of benzene rings is 2. The minimum atomic E-state index is 0.0227. The molecule has 0 aromatic heterocycles. The van der Waals surface area contributed by atoms with E-state index < -0.39 is 0 Å². The predicted molar refractivity (Wildman–Crippen MR) is 129 cm³/mol. The largest absolute Gasteiger partial charge is 0.489 e. The van der Waals surface area contributed by atoms with Crippen molar-refractivity contribution in [3.8, 4) is 5.75 Å². The van der Waals surface area contributed by atoms with Crippen molar-refractivity contribution in [2.75, 3.05) is 45.8 Å². The lowest BCUT2D eigenvalue weighted by atomic mass is 10.1. The Hall–Kier alpha value is -2.86.